The largest absolute Gasteiger partial charge is 0.382 e. The number of hydrogen-bond acceptors (Lipinski definition) is 2. The molecule has 3 rings (SSSR count). The average Bonchev–Trinajstić information content (AvgIpc) is 3.29. The lowest BCUT2D eigenvalue weighted by Gasteiger charge is -2.43. The molecule has 3 fully saturated rings. The summed E-state index contributed by atoms with van der Waals surface area (Å²) in [5, 5.41) is 7.29. The Bertz CT molecular complexity index is 421. The first-order valence-electron chi connectivity index (χ1n) is 10.2. The van der Waals surface area contributed by atoms with Crippen LogP contribution in [0.25, 0.3) is 0 Å². The molecule has 4 heteroatoms. The molecular weight excluding hydrogens is 298 g/mol. The molecule has 0 heterocycles. The first kappa shape index (κ1) is 18.0. The Morgan fingerprint density at radius 2 is 1.75 bits per heavy atom. The second-order valence-corrected chi connectivity index (χ2v) is 8.42. The summed E-state index contributed by atoms with van der Waals surface area (Å²) >= 11 is 0. The molecule has 4 nitrogen and oxygen atoms in total. The van der Waals surface area contributed by atoms with Gasteiger partial charge in [0.2, 0.25) is 0 Å². The quantitative estimate of drug-likeness (QED) is 0.383. The van der Waals surface area contributed by atoms with E-state index in [-0.39, 0.29) is 0 Å². The summed E-state index contributed by atoms with van der Waals surface area (Å²) in [6.45, 7) is 5.96. The summed E-state index contributed by atoms with van der Waals surface area (Å²) in [5.74, 6) is 1.99. The van der Waals surface area contributed by atoms with Crippen molar-refractivity contribution in [2.24, 2.45) is 21.7 Å². The lowest BCUT2D eigenvalue weighted by Crippen LogP contribution is -2.49. The summed E-state index contributed by atoms with van der Waals surface area (Å²) in [7, 11) is 1.90. The van der Waals surface area contributed by atoms with Gasteiger partial charge in [-0.2, -0.15) is 0 Å². The number of guanidine groups is 1. The maximum atomic E-state index is 5.63. The highest BCUT2D eigenvalue weighted by atomic mass is 16.5. The van der Waals surface area contributed by atoms with Crippen LogP contribution in [0, 0.1) is 16.7 Å². The van der Waals surface area contributed by atoms with Crippen LogP contribution >= 0.6 is 0 Å². The van der Waals surface area contributed by atoms with Crippen LogP contribution in [0.2, 0.25) is 0 Å². The monoisotopic (exact) mass is 335 g/mol. The van der Waals surface area contributed by atoms with E-state index in [1.54, 1.807) is 0 Å². The molecule has 0 aromatic rings. The van der Waals surface area contributed by atoms with E-state index in [1.165, 1.54) is 64.2 Å². The van der Waals surface area contributed by atoms with Gasteiger partial charge in [0.05, 0.1) is 0 Å². The van der Waals surface area contributed by atoms with Gasteiger partial charge in [0.15, 0.2) is 5.96 Å². The molecule has 0 aromatic carbocycles. The fourth-order valence-corrected chi connectivity index (χ4v) is 4.88. The zero-order valence-electron chi connectivity index (χ0n) is 15.8. The fourth-order valence-electron chi connectivity index (χ4n) is 4.88. The summed E-state index contributed by atoms with van der Waals surface area (Å²) < 4.78 is 5.63. The van der Waals surface area contributed by atoms with E-state index in [4.69, 9.17) is 4.74 Å². The van der Waals surface area contributed by atoms with E-state index in [2.05, 4.69) is 22.5 Å². The van der Waals surface area contributed by atoms with Crippen LogP contribution in [-0.2, 0) is 4.74 Å². The molecule has 0 atom stereocenters. The topological polar surface area (TPSA) is 45.6 Å². The molecule has 0 aromatic heterocycles. The maximum absolute atomic E-state index is 5.63. The predicted molar refractivity (Wildman–Crippen MR) is 100 cm³/mol. The molecule has 0 unspecified atom stereocenters. The van der Waals surface area contributed by atoms with E-state index in [1.807, 2.05) is 7.05 Å². The highest BCUT2D eigenvalue weighted by Crippen LogP contribution is 2.56. The van der Waals surface area contributed by atoms with Gasteiger partial charge >= 0.3 is 0 Å². The molecule has 0 amide bonds. The molecule has 2 N–H and O–H groups in total. The van der Waals surface area contributed by atoms with Crippen molar-refractivity contribution in [3.8, 4) is 0 Å². The van der Waals surface area contributed by atoms with Gasteiger partial charge in [0.1, 0.15) is 0 Å². The second kappa shape index (κ2) is 8.07. The molecule has 3 aliphatic carbocycles. The van der Waals surface area contributed by atoms with E-state index >= 15 is 0 Å². The van der Waals surface area contributed by atoms with Crippen molar-refractivity contribution >= 4 is 5.96 Å². The van der Waals surface area contributed by atoms with Gasteiger partial charge < -0.3 is 15.4 Å². The Hall–Kier alpha value is -0.770. The fraction of sp³-hybridized carbons (Fsp3) is 0.950. The third-order valence-corrected chi connectivity index (χ3v) is 6.90. The Morgan fingerprint density at radius 1 is 1.04 bits per heavy atom. The third kappa shape index (κ3) is 4.25. The zero-order chi connectivity index (χ0) is 16.9. The highest BCUT2D eigenvalue weighted by Gasteiger charge is 2.48. The zero-order valence-corrected chi connectivity index (χ0v) is 15.8. The van der Waals surface area contributed by atoms with Gasteiger partial charge in [-0.1, -0.05) is 19.3 Å². The van der Waals surface area contributed by atoms with Crippen molar-refractivity contribution in [2.45, 2.75) is 71.1 Å². The molecule has 0 radical (unpaired) electrons. The van der Waals surface area contributed by atoms with E-state index in [0.29, 0.717) is 10.8 Å². The van der Waals surface area contributed by atoms with E-state index in [9.17, 15) is 0 Å². The Balaban J connectivity index is 1.45. The van der Waals surface area contributed by atoms with Crippen LogP contribution in [0.4, 0.5) is 0 Å². The summed E-state index contributed by atoms with van der Waals surface area (Å²) in [5.41, 5.74) is 1.01. The normalized spacial score (nSPS) is 25.3. The van der Waals surface area contributed by atoms with Crippen molar-refractivity contribution in [1.82, 2.24) is 10.6 Å². The highest BCUT2D eigenvalue weighted by molar-refractivity contribution is 5.79. The molecule has 24 heavy (non-hydrogen) atoms. The van der Waals surface area contributed by atoms with E-state index in [0.717, 1.165) is 38.2 Å². The van der Waals surface area contributed by atoms with Crippen LogP contribution in [0.5, 0.6) is 0 Å². The molecule has 3 saturated carbocycles. The molecule has 138 valence electrons. The first-order valence-corrected chi connectivity index (χ1v) is 10.2. The van der Waals surface area contributed by atoms with Gasteiger partial charge in [-0.25, -0.2) is 0 Å². The van der Waals surface area contributed by atoms with Crippen molar-refractivity contribution in [3.63, 3.8) is 0 Å². The summed E-state index contributed by atoms with van der Waals surface area (Å²) in [6, 6.07) is 0. The Labute approximate surface area is 148 Å². The molecule has 0 aliphatic heterocycles. The number of nitrogens with one attached hydrogen (secondary N) is 2. The Morgan fingerprint density at radius 3 is 2.29 bits per heavy atom. The van der Waals surface area contributed by atoms with Crippen LogP contribution in [0.1, 0.15) is 71.1 Å². The lowest BCUT2D eigenvalue weighted by molar-refractivity contribution is 0.102. The van der Waals surface area contributed by atoms with Crippen LogP contribution in [0.3, 0.4) is 0 Å². The minimum absolute atomic E-state index is 0.414. The average molecular weight is 336 g/mol. The molecule has 0 spiro atoms. The van der Waals surface area contributed by atoms with E-state index < -0.39 is 0 Å². The van der Waals surface area contributed by atoms with Crippen molar-refractivity contribution in [3.05, 3.63) is 0 Å². The van der Waals surface area contributed by atoms with Crippen LogP contribution in [-0.4, -0.2) is 39.3 Å². The van der Waals surface area contributed by atoms with Gasteiger partial charge in [-0.15, -0.1) is 0 Å². The molecular formula is C20H37N3O. The van der Waals surface area contributed by atoms with Gasteiger partial charge in [0.25, 0.3) is 0 Å². The van der Waals surface area contributed by atoms with Gasteiger partial charge in [-0.05, 0) is 68.6 Å². The van der Waals surface area contributed by atoms with Gasteiger partial charge in [0, 0.05) is 33.4 Å². The number of nitrogens with zero attached hydrogens (tertiary/aromatic N) is 1. The SMILES string of the molecule is CCOCCC1(CNC(=NC)NCC2(C3CC3)CCC2)CCCC1. The van der Waals surface area contributed by atoms with Gasteiger partial charge in [-0.3, -0.25) is 4.99 Å². The number of aliphatic imine (C=N–C) groups is 1. The van der Waals surface area contributed by atoms with Crippen LogP contribution in [0.15, 0.2) is 4.99 Å². The standard InChI is InChI=1S/C20H37N3O/c1-3-24-14-13-19(9-4-5-10-19)15-22-18(21-2)23-16-20(11-6-12-20)17-7-8-17/h17H,3-16H2,1-2H3,(H2,21,22,23). The minimum atomic E-state index is 0.414. The predicted octanol–water partition coefficient (Wildman–Crippen LogP) is 3.72. The molecule has 0 saturated heterocycles. The number of hydrogen-bond donors (Lipinski definition) is 2. The summed E-state index contributed by atoms with van der Waals surface area (Å²) in [4.78, 5) is 4.48. The van der Waals surface area contributed by atoms with Crippen LogP contribution < -0.4 is 10.6 Å². The first-order chi connectivity index (χ1) is 11.7. The third-order valence-electron chi connectivity index (χ3n) is 6.90. The van der Waals surface area contributed by atoms with Crippen molar-refractivity contribution < 1.29 is 4.74 Å². The minimum Gasteiger partial charge on any atom is -0.382 e. The van der Waals surface area contributed by atoms with Crippen molar-refractivity contribution in [2.75, 3.05) is 33.4 Å². The number of ether oxygens (including phenoxy) is 1. The maximum Gasteiger partial charge on any atom is 0.191 e. The molecule has 0 bridgehead atoms. The van der Waals surface area contributed by atoms with Crippen molar-refractivity contribution in [1.29, 1.82) is 0 Å². The smallest absolute Gasteiger partial charge is 0.191 e. The number of rotatable bonds is 9. The second-order valence-electron chi connectivity index (χ2n) is 8.42. The lowest BCUT2D eigenvalue weighted by atomic mass is 9.65. The Kier molecular flexibility index (Phi) is 6.07. The summed E-state index contributed by atoms with van der Waals surface area (Å²) in [6.07, 6.45) is 13.7. The molecule has 3 aliphatic rings.